The van der Waals surface area contributed by atoms with Crippen molar-refractivity contribution in [1.82, 2.24) is 4.57 Å². The fraction of sp³-hybridized carbons (Fsp3) is 0.176. The minimum absolute atomic E-state index is 0.164. The monoisotopic (exact) mass is 548 g/mol. The van der Waals surface area contributed by atoms with Crippen LogP contribution in [-0.4, -0.2) is 27.3 Å². The topological polar surface area (TPSA) is 65.7 Å². The Balaban J connectivity index is 1.97. The van der Waals surface area contributed by atoms with E-state index in [-0.39, 0.29) is 12.4 Å². The number of allylic oxidation sites excluding steroid dienone is 2. The number of benzene rings is 1. The average Bonchev–Trinajstić information content (AvgIpc) is 3.06. The lowest BCUT2D eigenvalue weighted by Gasteiger charge is -2.18. The molecule has 1 aliphatic rings. The molecule has 0 aliphatic carbocycles. The Morgan fingerprint density at radius 3 is 2.67 bits per heavy atom. The number of aromatic hydroxyl groups is 1. The van der Waals surface area contributed by atoms with Crippen LogP contribution >= 0.6 is 67.2 Å². The average molecular weight is 550 g/mol. The number of carbonyl (C=O) groups is 1. The number of carboxylic acid groups (broad SMARTS) is 1. The Bertz CT molecular complexity index is 1040. The van der Waals surface area contributed by atoms with E-state index in [1.807, 2.05) is 6.08 Å². The van der Waals surface area contributed by atoms with Crippen molar-refractivity contribution in [2.45, 2.75) is 18.4 Å². The number of aliphatic carboxylic acids is 1. The van der Waals surface area contributed by atoms with E-state index in [0.717, 1.165) is 42.4 Å². The Hall–Kier alpha value is -1.07. The van der Waals surface area contributed by atoms with Gasteiger partial charge in [0.2, 0.25) is 5.88 Å². The van der Waals surface area contributed by atoms with Gasteiger partial charge in [0, 0.05) is 20.4 Å². The fourth-order valence-corrected chi connectivity index (χ4v) is 5.90. The molecule has 0 bridgehead atoms. The first-order valence-electron chi connectivity index (χ1n) is 7.72. The molecule has 142 valence electrons. The number of thiazole rings is 1. The van der Waals surface area contributed by atoms with Crippen LogP contribution in [0.3, 0.4) is 0 Å². The number of anilines is 1. The highest BCUT2D eigenvalue weighted by atomic mass is 79.9. The summed E-state index contributed by atoms with van der Waals surface area (Å²) in [7, 11) is 0. The van der Waals surface area contributed by atoms with Gasteiger partial charge in [0.1, 0.15) is 6.54 Å². The smallest absolute Gasteiger partial charge is 0.323 e. The van der Waals surface area contributed by atoms with E-state index in [1.54, 1.807) is 11.8 Å². The van der Waals surface area contributed by atoms with E-state index < -0.39 is 5.97 Å². The van der Waals surface area contributed by atoms with Gasteiger partial charge in [0.25, 0.3) is 0 Å². The molecule has 1 aliphatic heterocycles. The zero-order valence-corrected chi connectivity index (χ0v) is 19.7. The third-order valence-electron chi connectivity index (χ3n) is 3.84. The van der Waals surface area contributed by atoms with E-state index in [0.29, 0.717) is 14.4 Å². The van der Waals surface area contributed by atoms with E-state index in [2.05, 4.69) is 62.4 Å². The summed E-state index contributed by atoms with van der Waals surface area (Å²) >= 11 is 15.0. The van der Waals surface area contributed by atoms with Gasteiger partial charge in [0.05, 0.1) is 15.6 Å². The summed E-state index contributed by atoms with van der Waals surface area (Å²) in [5.74, 6) is -1.23. The van der Waals surface area contributed by atoms with Crippen LogP contribution in [0.25, 0.3) is 5.57 Å². The Morgan fingerprint density at radius 2 is 2.04 bits per heavy atom. The number of carboxylic acids is 1. The van der Waals surface area contributed by atoms with Gasteiger partial charge < -0.3 is 15.1 Å². The van der Waals surface area contributed by atoms with Gasteiger partial charge in [-0.2, -0.15) is 0 Å². The maximum atomic E-state index is 11.0. The number of hydrogen-bond acceptors (Lipinski definition) is 6. The zero-order valence-electron chi connectivity index (χ0n) is 14.0. The summed E-state index contributed by atoms with van der Waals surface area (Å²) < 4.78 is 3.45. The molecule has 1 aromatic heterocycles. The third-order valence-corrected chi connectivity index (χ3v) is 8.29. The molecule has 0 saturated carbocycles. The highest BCUT2D eigenvalue weighted by Gasteiger charge is 2.26. The largest absolute Gasteiger partial charge is 0.493 e. The molecule has 3 rings (SSSR count). The van der Waals surface area contributed by atoms with Gasteiger partial charge in [-0.3, -0.25) is 9.36 Å². The summed E-state index contributed by atoms with van der Waals surface area (Å²) in [4.78, 5) is 14.7. The fourth-order valence-electron chi connectivity index (χ4n) is 2.63. The van der Waals surface area contributed by atoms with Crippen LogP contribution in [-0.2, 0) is 11.3 Å². The molecule has 27 heavy (non-hydrogen) atoms. The Morgan fingerprint density at radius 1 is 1.37 bits per heavy atom. The van der Waals surface area contributed by atoms with Crippen molar-refractivity contribution in [3.63, 3.8) is 0 Å². The van der Waals surface area contributed by atoms with E-state index in [4.69, 9.17) is 17.3 Å². The molecule has 0 spiro atoms. The lowest BCUT2D eigenvalue weighted by molar-refractivity contribution is -0.137. The summed E-state index contributed by atoms with van der Waals surface area (Å²) in [5.41, 5.74) is 1.68. The van der Waals surface area contributed by atoms with Crippen LogP contribution in [0.15, 0.2) is 43.7 Å². The molecule has 2 heterocycles. The predicted octanol–water partition coefficient (Wildman–Crippen LogP) is 6.08. The van der Waals surface area contributed by atoms with Crippen LogP contribution < -0.4 is 4.90 Å². The normalized spacial score (nSPS) is 14.6. The molecule has 10 heteroatoms. The molecule has 0 saturated heterocycles. The summed E-state index contributed by atoms with van der Waals surface area (Å²) in [6.07, 6.45) is 1.89. The van der Waals surface area contributed by atoms with E-state index >= 15 is 0 Å². The van der Waals surface area contributed by atoms with Gasteiger partial charge in [-0.25, -0.2) is 0 Å². The maximum Gasteiger partial charge on any atom is 0.323 e. The van der Waals surface area contributed by atoms with Gasteiger partial charge in [-0.1, -0.05) is 18.3 Å². The molecular formula is C17H14Br2N2O3S3. The maximum absolute atomic E-state index is 11.0. The van der Waals surface area contributed by atoms with Gasteiger partial charge >= 0.3 is 5.97 Å². The van der Waals surface area contributed by atoms with Crippen LogP contribution in [0, 0.1) is 3.95 Å². The lowest BCUT2D eigenvalue weighted by atomic mass is 10.2. The van der Waals surface area contributed by atoms with Crippen LogP contribution in [0.5, 0.6) is 5.88 Å². The van der Waals surface area contributed by atoms with Crippen LogP contribution in [0.2, 0.25) is 0 Å². The van der Waals surface area contributed by atoms with Crippen LogP contribution in [0.4, 0.5) is 5.69 Å². The standard InChI is InChI=1S/C17H14Br2N2O3S3/c1-3-20-11-5-9(18)10(19)6-12(11)26-13(20)4-8(2)15-16(24)21(7-14(22)23)17(25)27-15/h4-6,24H,2-3,7H2,1H3,(H,22,23). The summed E-state index contributed by atoms with van der Waals surface area (Å²) in [6, 6.07) is 4.12. The molecule has 0 atom stereocenters. The van der Waals surface area contributed by atoms with Crippen molar-refractivity contribution in [3.05, 3.63) is 47.6 Å². The second kappa shape index (κ2) is 8.12. The van der Waals surface area contributed by atoms with Crippen molar-refractivity contribution < 1.29 is 15.0 Å². The molecule has 2 aromatic rings. The van der Waals surface area contributed by atoms with Crippen molar-refractivity contribution in [3.8, 4) is 5.88 Å². The number of nitrogens with zero attached hydrogens (tertiary/aromatic N) is 2. The summed E-state index contributed by atoms with van der Waals surface area (Å²) in [6.45, 7) is 6.51. The second-order valence-corrected chi connectivity index (χ2v) is 10.0. The van der Waals surface area contributed by atoms with Crippen molar-refractivity contribution >= 4 is 84.4 Å². The van der Waals surface area contributed by atoms with Crippen molar-refractivity contribution in [1.29, 1.82) is 0 Å². The number of rotatable bonds is 5. The highest BCUT2D eigenvalue weighted by Crippen LogP contribution is 2.49. The minimum Gasteiger partial charge on any atom is -0.493 e. The molecule has 0 fully saturated rings. The first-order valence-corrected chi connectivity index (χ1v) is 11.4. The van der Waals surface area contributed by atoms with Crippen molar-refractivity contribution in [2.75, 3.05) is 11.4 Å². The molecule has 0 unspecified atom stereocenters. The van der Waals surface area contributed by atoms with Gasteiger partial charge in [0.15, 0.2) is 3.95 Å². The first kappa shape index (κ1) is 20.7. The molecule has 5 nitrogen and oxygen atoms in total. The minimum atomic E-state index is -1.06. The number of hydrogen-bond donors (Lipinski definition) is 2. The third kappa shape index (κ3) is 4.04. The Labute approximate surface area is 186 Å². The van der Waals surface area contributed by atoms with Gasteiger partial charge in [-0.05, 0) is 74.8 Å². The Kier molecular flexibility index (Phi) is 6.21. The van der Waals surface area contributed by atoms with E-state index in [9.17, 15) is 9.90 Å². The zero-order chi connectivity index (χ0) is 19.9. The highest BCUT2D eigenvalue weighted by molar-refractivity contribution is 9.13. The molecule has 0 radical (unpaired) electrons. The van der Waals surface area contributed by atoms with Crippen molar-refractivity contribution in [2.24, 2.45) is 0 Å². The SMILES string of the molecule is C=C(C=C1Sc2cc(Br)c(Br)cc2N1CC)c1sc(=S)n(CC(=O)O)c1O. The predicted molar refractivity (Wildman–Crippen MR) is 120 cm³/mol. The second-order valence-electron chi connectivity index (χ2n) is 5.59. The number of thioether (sulfide) groups is 1. The molecule has 2 N–H and O–H groups in total. The number of aromatic nitrogens is 1. The number of fused-ring (bicyclic) bond motifs is 1. The summed E-state index contributed by atoms with van der Waals surface area (Å²) in [5, 5.41) is 20.3. The quantitative estimate of drug-likeness (QED) is 0.440. The molecule has 0 amide bonds. The first-order chi connectivity index (χ1) is 12.7. The van der Waals surface area contributed by atoms with Crippen LogP contribution in [0.1, 0.15) is 11.8 Å². The number of halogens is 2. The molecule has 1 aromatic carbocycles. The van der Waals surface area contributed by atoms with E-state index in [1.165, 1.54) is 4.57 Å². The lowest BCUT2D eigenvalue weighted by Crippen LogP contribution is -2.16. The molecular weight excluding hydrogens is 536 g/mol. The van der Waals surface area contributed by atoms with Gasteiger partial charge in [-0.15, -0.1) is 11.3 Å².